The summed E-state index contributed by atoms with van der Waals surface area (Å²) in [7, 11) is 0. The molecule has 0 spiro atoms. The van der Waals surface area contributed by atoms with Gasteiger partial charge in [-0.2, -0.15) is 0 Å². The van der Waals surface area contributed by atoms with Crippen molar-refractivity contribution in [2.75, 3.05) is 0 Å². The topological polar surface area (TPSA) is 4.93 Å². The Kier molecular flexibility index (Phi) is 1.67. The van der Waals surface area contributed by atoms with Crippen LogP contribution in [0.25, 0.3) is 5.69 Å². The van der Waals surface area contributed by atoms with Crippen LogP contribution in [0, 0.1) is 12.0 Å². The molecule has 0 N–H and O–H groups in total. The van der Waals surface area contributed by atoms with E-state index < -0.39 is 0 Å². The maximum atomic E-state index is 13.1. The number of aromatic nitrogens is 1. The normalized spacial score (nSPS) is 10.1. The highest BCUT2D eigenvalue weighted by Gasteiger charge is 2.00. The summed E-state index contributed by atoms with van der Waals surface area (Å²) in [5.41, 5.74) is 0.530. The zero-order valence-electron chi connectivity index (χ0n) is 6.37. The molecule has 2 heteroatoms. The van der Waals surface area contributed by atoms with Gasteiger partial charge in [0.05, 0.1) is 11.9 Å². The monoisotopic (exact) mass is 160 g/mol. The second-order valence-corrected chi connectivity index (χ2v) is 2.46. The molecule has 1 aromatic heterocycles. The van der Waals surface area contributed by atoms with E-state index in [1.165, 1.54) is 6.07 Å². The van der Waals surface area contributed by atoms with Gasteiger partial charge in [0, 0.05) is 6.20 Å². The number of para-hydroxylation sites is 1. The Labute approximate surface area is 70.1 Å². The molecule has 2 aromatic rings. The van der Waals surface area contributed by atoms with E-state index in [2.05, 4.69) is 6.20 Å². The van der Waals surface area contributed by atoms with E-state index >= 15 is 0 Å². The summed E-state index contributed by atoms with van der Waals surface area (Å²) in [6.07, 6.45) is 4.63. The Hall–Kier alpha value is -1.57. The third kappa shape index (κ3) is 1.11. The SMILES string of the molecule is Fc1ccccc1-n1[c]ccc1. The van der Waals surface area contributed by atoms with Gasteiger partial charge in [-0.05, 0) is 24.3 Å². The van der Waals surface area contributed by atoms with E-state index in [1.807, 2.05) is 6.07 Å². The van der Waals surface area contributed by atoms with Gasteiger partial charge in [0.1, 0.15) is 5.82 Å². The van der Waals surface area contributed by atoms with Crippen molar-refractivity contribution in [3.05, 3.63) is 54.6 Å². The second-order valence-electron chi connectivity index (χ2n) is 2.46. The first-order chi connectivity index (χ1) is 5.88. The van der Waals surface area contributed by atoms with Gasteiger partial charge in [0.25, 0.3) is 0 Å². The smallest absolute Gasteiger partial charge is 0.147 e. The van der Waals surface area contributed by atoms with Crippen LogP contribution in [0.5, 0.6) is 0 Å². The molecule has 1 aromatic carbocycles. The molecule has 0 unspecified atom stereocenters. The number of hydrogen-bond donors (Lipinski definition) is 0. The Morgan fingerprint density at radius 3 is 2.67 bits per heavy atom. The fourth-order valence-electron chi connectivity index (χ4n) is 1.09. The molecule has 0 aliphatic carbocycles. The van der Waals surface area contributed by atoms with Crippen molar-refractivity contribution < 1.29 is 4.39 Å². The molecule has 1 nitrogen and oxygen atoms in total. The maximum Gasteiger partial charge on any atom is 0.147 e. The molecule has 0 saturated heterocycles. The van der Waals surface area contributed by atoms with Crippen molar-refractivity contribution in [3.8, 4) is 5.69 Å². The van der Waals surface area contributed by atoms with E-state index in [1.54, 1.807) is 35.0 Å². The predicted octanol–water partition coefficient (Wildman–Crippen LogP) is 2.42. The van der Waals surface area contributed by atoms with Crippen molar-refractivity contribution in [2.24, 2.45) is 0 Å². The largest absolute Gasteiger partial charge is 0.312 e. The summed E-state index contributed by atoms with van der Waals surface area (Å²) in [4.78, 5) is 0. The molecule has 0 atom stereocenters. The third-order valence-corrected chi connectivity index (χ3v) is 1.66. The van der Waals surface area contributed by atoms with Crippen LogP contribution in [-0.2, 0) is 0 Å². The minimum absolute atomic E-state index is 0.232. The van der Waals surface area contributed by atoms with Crippen molar-refractivity contribution in [3.63, 3.8) is 0 Å². The molecule has 0 fully saturated rings. The van der Waals surface area contributed by atoms with Gasteiger partial charge in [-0.25, -0.2) is 4.39 Å². The van der Waals surface area contributed by atoms with Crippen LogP contribution in [0.1, 0.15) is 0 Å². The van der Waals surface area contributed by atoms with Crippen molar-refractivity contribution in [1.29, 1.82) is 0 Å². The standard InChI is InChI=1S/C10H7FN/c11-9-5-1-2-6-10(9)12-7-3-4-8-12/h1-7H. The van der Waals surface area contributed by atoms with Crippen LogP contribution in [0.15, 0.2) is 42.6 Å². The number of benzene rings is 1. The Bertz CT molecular complexity index is 365. The molecular weight excluding hydrogens is 153 g/mol. The summed E-state index contributed by atoms with van der Waals surface area (Å²) in [5, 5.41) is 0. The van der Waals surface area contributed by atoms with E-state index in [4.69, 9.17) is 0 Å². The molecule has 2 rings (SSSR count). The van der Waals surface area contributed by atoms with Crippen LogP contribution in [-0.4, -0.2) is 4.57 Å². The van der Waals surface area contributed by atoms with Gasteiger partial charge in [0.2, 0.25) is 0 Å². The summed E-state index contributed by atoms with van der Waals surface area (Å²) in [5.74, 6) is -0.232. The van der Waals surface area contributed by atoms with Crippen LogP contribution < -0.4 is 0 Å². The van der Waals surface area contributed by atoms with Gasteiger partial charge in [-0.3, -0.25) is 0 Å². The lowest BCUT2D eigenvalue weighted by Gasteiger charge is -2.01. The average molecular weight is 160 g/mol. The quantitative estimate of drug-likeness (QED) is 0.603. The predicted molar refractivity (Wildman–Crippen MR) is 44.6 cm³/mol. The molecule has 0 amide bonds. The molecule has 0 aliphatic heterocycles. The number of halogens is 1. The Balaban J connectivity index is 2.55. The van der Waals surface area contributed by atoms with E-state index in [0.29, 0.717) is 5.69 Å². The second kappa shape index (κ2) is 2.81. The van der Waals surface area contributed by atoms with E-state index in [0.717, 1.165) is 0 Å². The molecule has 59 valence electrons. The highest BCUT2D eigenvalue weighted by atomic mass is 19.1. The zero-order valence-corrected chi connectivity index (χ0v) is 6.37. The van der Waals surface area contributed by atoms with Crippen LogP contribution in [0.4, 0.5) is 4.39 Å². The first kappa shape index (κ1) is 7.10. The Morgan fingerprint density at radius 1 is 1.17 bits per heavy atom. The lowest BCUT2D eigenvalue weighted by Crippen LogP contribution is -1.93. The zero-order chi connectivity index (χ0) is 8.39. The minimum Gasteiger partial charge on any atom is -0.312 e. The van der Waals surface area contributed by atoms with Crippen LogP contribution in [0.3, 0.4) is 0 Å². The Morgan fingerprint density at radius 2 is 2.00 bits per heavy atom. The highest BCUT2D eigenvalue weighted by Crippen LogP contribution is 2.11. The van der Waals surface area contributed by atoms with Crippen LogP contribution in [0.2, 0.25) is 0 Å². The summed E-state index contributed by atoms with van der Waals surface area (Å²) >= 11 is 0. The molecule has 0 bridgehead atoms. The lowest BCUT2D eigenvalue weighted by atomic mass is 10.3. The number of rotatable bonds is 1. The molecule has 1 radical (unpaired) electrons. The third-order valence-electron chi connectivity index (χ3n) is 1.66. The van der Waals surface area contributed by atoms with E-state index in [-0.39, 0.29) is 5.82 Å². The first-order valence-electron chi connectivity index (χ1n) is 3.68. The summed E-state index contributed by atoms with van der Waals surface area (Å²) in [6.45, 7) is 0. The van der Waals surface area contributed by atoms with Crippen LogP contribution >= 0.6 is 0 Å². The van der Waals surface area contributed by atoms with Gasteiger partial charge in [-0.15, -0.1) is 0 Å². The molecule has 1 heterocycles. The molecule has 0 aliphatic rings. The first-order valence-corrected chi connectivity index (χ1v) is 3.68. The van der Waals surface area contributed by atoms with Gasteiger partial charge in [-0.1, -0.05) is 12.1 Å². The summed E-state index contributed by atoms with van der Waals surface area (Å²) < 4.78 is 14.7. The maximum absolute atomic E-state index is 13.1. The lowest BCUT2D eigenvalue weighted by molar-refractivity contribution is 0.618. The van der Waals surface area contributed by atoms with Gasteiger partial charge in [0.15, 0.2) is 0 Å². The van der Waals surface area contributed by atoms with E-state index in [9.17, 15) is 4.39 Å². The average Bonchev–Trinajstić information content (AvgIpc) is 2.57. The highest BCUT2D eigenvalue weighted by molar-refractivity contribution is 5.33. The fraction of sp³-hybridized carbons (Fsp3) is 0. The van der Waals surface area contributed by atoms with Crippen molar-refractivity contribution in [1.82, 2.24) is 4.57 Å². The summed E-state index contributed by atoms with van der Waals surface area (Å²) in [6, 6.07) is 10.2. The molecule has 0 saturated carbocycles. The van der Waals surface area contributed by atoms with Crippen molar-refractivity contribution in [2.45, 2.75) is 0 Å². The van der Waals surface area contributed by atoms with Gasteiger partial charge >= 0.3 is 0 Å². The minimum atomic E-state index is -0.232. The van der Waals surface area contributed by atoms with Gasteiger partial charge < -0.3 is 4.57 Å². The number of hydrogen-bond acceptors (Lipinski definition) is 0. The number of nitrogens with zero attached hydrogens (tertiary/aromatic N) is 1. The molecular formula is C10H7FN. The van der Waals surface area contributed by atoms with Crippen molar-refractivity contribution >= 4 is 0 Å². The molecule has 12 heavy (non-hydrogen) atoms. The fourth-order valence-corrected chi connectivity index (χ4v) is 1.09.